The largest absolute Gasteiger partial charge is 0.493 e. The zero-order valence-corrected chi connectivity index (χ0v) is 19.5. The minimum absolute atomic E-state index is 0.220. The van der Waals surface area contributed by atoms with Gasteiger partial charge in [-0.2, -0.15) is 0 Å². The van der Waals surface area contributed by atoms with E-state index in [1.54, 1.807) is 45.6 Å². The van der Waals surface area contributed by atoms with Crippen molar-refractivity contribution < 1.29 is 22.6 Å². The quantitative estimate of drug-likeness (QED) is 0.352. The molecule has 3 N–H and O–H groups in total. The van der Waals surface area contributed by atoms with E-state index in [9.17, 15) is 8.42 Å². The number of anilines is 2. The van der Waals surface area contributed by atoms with Crippen molar-refractivity contribution in [3.8, 4) is 28.4 Å². The van der Waals surface area contributed by atoms with Crippen LogP contribution in [0.1, 0.15) is 0 Å². The Morgan fingerprint density at radius 1 is 0.848 bits per heavy atom. The Hall–Kier alpha value is -3.69. The highest BCUT2D eigenvalue weighted by Gasteiger charge is 2.15. The van der Waals surface area contributed by atoms with Crippen LogP contribution in [0, 0.1) is 0 Å². The van der Waals surface area contributed by atoms with Gasteiger partial charge in [0.2, 0.25) is 15.8 Å². The van der Waals surface area contributed by atoms with E-state index < -0.39 is 10.0 Å². The van der Waals surface area contributed by atoms with Gasteiger partial charge in [0.15, 0.2) is 11.5 Å². The highest BCUT2D eigenvalue weighted by molar-refractivity contribution is 7.89. The number of nitrogens with one attached hydrogen (secondary N) is 3. The third-order valence-corrected chi connectivity index (χ3v) is 6.77. The number of rotatable bonds is 8. The average molecular weight is 468 g/mol. The summed E-state index contributed by atoms with van der Waals surface area (Å²) in [6, 6.07) is 18.4. The van der Waals surface area contributed by atoms with Gasteiger partial charge in [-0.25, -0.2) is 13.1 Å². The third-order valence-electron chi connectivity index (χ3n) is 5.34. The maximum absolute atomic E-state index is 12.0. The highest BCUT2D eigenvalue weighted by Crippen LogP contribution is 2.41. The normalized spacial score (nSPS) is 11.4. The van der Waals surface area contributed by atoms with Crippen LogP contribution < -0.4 is 24.2 Å². The first-order valence-electron chi connectivity index (χ1n) is 10.1. The Morgan fingerprint density at radius 2 is 1.52 bits per heavy atom. The third kappa shape index (κ3) is 4.33. The predicted molar refractivity (Wildman–Crippen MR) is 129 cm³/mol. The molecule has 1 heterocycles. The fraction of sp³-hybridized carbons (Fsp3) is 0.167. The molecule has 172 valence electrons. The number of para-hydroxylation sites is 1. The standard InChI is InChI=1S/C24H25N3O5S/c1-25-33(28,29)18-10-8-15(9-11-18)19-7-5-6-16-12-22(27-23(16)19)26-17-13-20(30-2)24(32-4)21(14-17)31-3/h5-14,25-27H,1-4H3. The Balaban J connectivity index is 1.70. The van der Waals surface area contributed by atoms with E-state index in [1.807, 2.05) is 36.4 Å². The predicted octanol–water partition coefficient (Wildman–Crippen LogP) is 4.51. The van der Waals surface area contributed by atoms with Gasteiger partial charge in [0.05, 0.1) is 31.7 Å². The molecule has 0 unspecified atom stereocenters. The molecule has 33 heavy (non-hydrogen) atoms. The van der Waals surface area contributed by atoms with Gasteiger partial charge in [-0.15, -0.1) is 0 Å². The number of benzene rings is 3. The van der Waals surface area contributed by atoms with Gasteiger partial charge >= 0.3 is 0 Å². The first-order chi connectivity index (χ1) is 15.9. The van der Waals surface area contributed by atoms with Crippen LogP contribution >= 0.6 is 0 Å². The number of aromatic amines is 1. The van der Waals surface area contributed by atoms with Gasteiger partial charge in [0.1, 0.15) is 5.82 Å². The first-order valence-corrected chi connectivity index (χ1v) is 11.6. The summed E-state index contributed by atoms with van der Waals surface area (Å²) in [6.45, 7) is 0. The summed E-state index contributed by atoms with van der Waals surface area (Å²) in [6.07, 6.45) is 0. The van der Waals surface area contributed by atoms with E-state index >= 15 is 0 Å². The van der Waals surface area contributed by atoms with Crippen LogP contribution in [0.2, 0.25) is 0 Å². The van der Waals surface area contributed by atoms with E-state index in [-0.39, 0.29) is 4.90 Å². The minimum atomic E-state index is -3.48. The molecular formula is C24H25N3O5S. The van der Waals surface area contributed by atoms with Crippen molar-refractivity contribution in [2.45, 2.75) is 4.90 Å². The highest BCUT2D eigenvalue weighted by atomic mass is 32.2. The van der Waals surface area contributed by atoms with Crippen molar-refractivity contribution in [1.29, 1.82) is 0 Å². The average Bonchev–Trinajstić information content (AvgIpc) is 3.25. The van der Waals surface area contributed by atoms with Crippen molar-refractivity contribution in [3.05, 3.63) is 60.7 Å². The van der Waals surface area contributed by atoms with Gasteiger partial charge in [-0.05, 0) is 30.8 Å². The van der Waals surface area contributed by atoms with E-state index in [0.717, 1.165) is 33.5 Å². The van der Waals surface area contributed by atoms with E-state index in [1.165, 1.54) is 7.05 Å². The number of methoxy groups -OCH3 is 3. The van der Waals surface area contributed by atoms with Gasteiger partial charge in [-0.1, -0.05) is 30.3 Å². The molecular weight excluding hydrogens is 442 g/mol. The van der Waals surface area contributed by atoms with E-state index in [4.69, 9.17) is 14.2 Å². The number of ether oxygens (including phenoxy) is 3. The molecule has 3 aromatic carbocycles. The molecule has 0 saturated carbocycles. The van der Waals surface area contributed by atoms with Crippen LogP contribution in [0.4, 0.5) is 11.5 Å². The molecule has 0 aliphatic heterocycles. The Labute approximate surface area is 192 Å². The second-order valence-electron chi connectivity index (χ2n) is 7.22. The molecule has 0 aliphatic carbocycles. The monoisotopic (exact) mass is 467 g/mol. The lowest BCUT2D eigenvalue weighted by atomic mass is 10.0. The fourth-order valence-electron chi connectivity index (χ4n) is 3.70. The summed E-state index contributed by atoms with van der Waals surface area (Å²) in [4.78, 5) is 3.64. The molecule has 9 heteroatoms. The summed E-state index contributed by atoms with van der Waals surface area (Å²) < 4.78 is 42.6. The van der Waals surface area contributed by atoms with E-state index in [2.05, 4.69) is 15.0 Å². The first kappa shape index (κ1) is 22.5. The second kappa shape index (κ2) is 9.05. The Kier molecular flexibility index (Phi) is 6.17. The zero-order chi connectivity index (χ0) is 23.6. The van der Waals surface area contributed by atoms with Crippen LogP contribution in [0.5, 0.6) is 17.2 Å². The van der Waals surface area contributed by atoms with Crippen molar-refractivity contribution in [1.82, 2.24) is 9.71 Å². The molecule has 1 aromatic heterocycles. The summed E-state index contributed by atoms with van der Waals surface area (Å²) in [5.74, 6) is 2.40. The second-order valence-corrected chi connectivity index (χ2v) is 9.11. The summed E-state index contributed by atoms with van der Waals surface area (Å²) in [5.41, 5.74) is 3.55. The molecule has 0 bridgehead atoms. The van der Waals surface area contributed by atoms with Crippen LogP contribution in [-0.2, 0) is 10.0 Å². The number of hydrogen-bond acceptors (Lipinski definition) is 6. The molecule has 0 atom stereocenters. The van der Waals surface area contributed by atoms with Crippen LogP contribution in [-0.4, -0.2) is 41.8 Å². The summed E-state index contributed by atoms with van der Waals surface area (Å²) >= 11 is 0. The maximum atomic E-state index is 12.0. The van der Waals surface area contributed by atoms with Gasteiger partial charge < -0.3 is 24.5 Å². The molecule has 0 fully saturated rings. The fourth-order valence-corrected chi connectivity index (χ4v) is 4.43. The van der Waals surface area contributed by atoms with Crippen molar-refractivity contribution in [3.63, 3.8) is 0 Å². The van der Waals surface area contributed by atoms with Gasteiger partial charge in [-0.3, -0.25) is 0 Å². The number of H-pyrrole nitrogens is 1. The van der Waals surface area contributed by atoms with Gasteiger partial charge in [0.25, 0.3) is 0 Å². The SMILES string of the molecule is CNS(=O)(=O)c1ccc(-c2cccc3cc(Nc4cc(OC)c(OC)c(OC)c4)[nH]c23)cc1. The van der Waals surface area contributed by atoms with Crippen molar-refractivity contribution in [2.75, 3.05) is 33.7 Å². The maximum Gasteiger partial charge on any atom is 0.240 e. The molecule has 0 spiro atoms. The number of sulfonamides is 1. The lowest BCUT2D eigenvalue weighted by Gasteiger charge is -2.14. The smallest absolute Gasteiger partial charge is 0.240 e. The molecule has 4 aromatic rings. The molecule has 4 rings (SSSR count). The van der Waals surface area contributed by atoms with Crippen molar-refractivity contribution in [2.24, 2.45) is 0 Å². The van der Waals surface area contributed by atoms with Crippen LogP contribution in [0.3, 0.4) is 0 Å². The van der Waals surface area contributed by atoms with Gasteiger partial charge in [0, 0.05) is 28.8 Å². The molecule has 0 radical (unpaired) electrons. The Morgan fingerprint density at radius 3 is 2.09 bits per heavy atom. The minimum Gasteiger partial charge on any atom is -0.493 e. The number of fused-ring (bicyclic) bond motifs is 1. The zero-order valence-electron chi connectivity index (χ0n) is 18.7. The molecule has 0 aliphatic rings. The lowest BCUT2D eigenvalue weighted by Crippen LogP contribution is -2.18. The summed E-state index contributed by atoms with van der Waals surface area (Å²) in [7, 11) is 2.62. The van der Waals surface area contributed by atoms with E-state index in [0.29, 0.717) is 17.2 Å². The summed E-state index contributed by atoms with van der Waals surface area (Å²) in [5, 5.41) is 4.36. The number of aromatic nitrogens is 1. The van der Waals surface area contributed by atoms with Crippen LogP contribution in [0.15, 0.2) is 65.6 Å². The number of hydrogen-bond donors (Lipinski definition) is 3. The van der Waals surface area contributed by atoms with Crippen LogP contribution in [0.25, 0.3) is 22.0 Å². The Bertz CT molecular complexity index is 1370. The van der Waals surface area contributed by atoms with Crippen molar-refractivity contribution >= 4 is 32.4 Å². The molecule has 0 saturated heterocycles. The molecule has 8 nitrogen and oxygen atoms in total. The molecule has 0 amide bonds. The lowest BCUT2D eigenvalue weighted by molar-refractivity contribution is 0.324. The topological polar surface area (TPSA) is 102 Å².